The lowest BCUT2D eigenvalue weighted by Crippen LogP contribution is -2.10. The maximum absolute atomic E-state index is 13.2. The van der Waals surface area contributed by atoms with Crippen LogP contribution < -0.4 is 5.32 Å². The third kappa shape index (κ3) is 4.11. The van der Waals surface area contributed by atoms with Gasteiger partial charge in [0.15, 0.2) is 0 Å². The lowest BCUT2D eigenvalue weighted by atomic mass is 10.1. The molecule has 1 nitrogen and oxygen atoms in total. The van der Waals surface area contributed by atoms with Crippen LogP contribution in [0.3, 0.4) is 0 Å². The van der Waals surface area contributed by atoms with Crippen molar-refractivity contribution in [3.05, 3.63) is 62.8 Å². The first kappa shape index (κ1) is 16.1. The Bertz CT molecular complexity index is 658. The molecule has 0 atom stereocenters. The highest BCUT2D eigenvalue weighted by atomic mass is 79.9. The molecular weight excluding hydrogens is 374 g/mol. The minimum Gasteiger partial charge on any atom is -0.380 e. The summed E-state index contributed by atoms with van der Waals surface area (Å²) < 4.78 is 51.7. The predicted octanol–water partition coefficient (Wildman–Crippen LogP) is 5.87. The molecule has 21 heavy (non-hydrogen) atoms. The van der Waals surface area contributed by atoms with Crippen LogP contribution in [0.25, 0.3) is 0 Å². The first-order chi connectivity index (χ1) is 9.77. The quantitative estimate of drug-likeness (QED) is 0.654. The highest BCUT2D eigenvalue weighted by Gasteiger charge is 2.34. The monoisotopic (exact) mass is 381 g/mol. The van der Waals surface area contributed by atoms with Crippen LogP contribution in [0, 0.1) is 5.82 Å². The molecule has 0 spiro atoms. The number of anilines is 1. The predicted molar refractivity (Wildman–Crippen MR) is 77.9 cm³/mol. The number of rotatable bonds is 3. The summed E-state index contributed by atoms with van der Waals surface area (Å²) in [6.45, 7) is 0.129. The van der Waals surface area contributed by atoms with Gasteiger partial charge >= 0.3 is 6.18 Å². The smallest absolute Gasteiger partial charge is 0.380 e. The standard InChI is InChI=1S/C14H9BrClF4N/c15-11-6-9(16)2-4-13(11)21-7-8-1-3-12(17)10(5-8)14(18,19)20/h1-6,21H,7H2. The Hall–Kier alpha value is -1.27. The summed E-state index contributed by atoms with van der Waals surface area (Å²) in [5.41, 5.74) is -0.264. The summed E-state index contributed by atoms with van der Waals surface area (Å²) >= 11 is 9.09. The van der Waals surface area contributed by atoms with E-state index in [2.05, 4.69) is 21.2 Å². The number of benzene rings is 2. The molecule has 112 valence electrons. The molecule has 0 fully saturated rings. The van der Waals surface area contributed by atoms with E-state index in [0.717, 1.165) is 12.1 Å². The zero-order chi connectivity index (χ0) is 15.6. The van der Waals surface area contributed by atoms with Crippen molar-refractivity contribution in [2.45, 2.75) is 12.7 Å². The van der Waals surface area contributed by atoms with Gasteiger partial charge in [-0.2, -0.15) is 13.2 Å². The molecule has 0 saturated carbocycles. The van der Waals surface area contributed by atoms with Crippen molar-refractivity contribution in [3.8, 4) is 0 Å². The zero-order valence-electron chi connectivity index (χ0n) is 10.4. The van der Waals surface area contributed by atoms with Gasteiger partial charge in [-0.1, -0.05) is 17.7 Å². The summed E-state index contributed by atoms with van der Waals surface area (Å²) in [7, 11) is 0. The Balaban J connectivity index is 2.17. The fourth-order valence-corrected chi connectivity index (χ4v) is 2.55. The van der Waals surface area contributed by atoms with E-state index in [4.69, 9.17) is 11.6 Å². The third-order valence-electron chi connectivity index (χ3n) is 2.75. The van der Waals surface area contributed by atoms with Crippen molar-refractivity contribution in [1.82, 2.24) is 0 Å². The van der Waals surface area contributed by atoms with Crippen LogP contribution in [0.1, 0.15) is 11.1 Å². The van der Waals surface area contributed by atoms with Crippen molar-refractivity contribution < 1.29 is 17.6 Å². The van der Waals surface area contributed by atoms with Crippen LogP contribution in [0.5, 0.6) is 0 Å². The number of alkyl halides is 3. The van der Waals surface area contributed by atoms with Crippen LogP contribution in [0.2, 0.25) is 5.02 Å². The minimum atomic E-state index is -4.71. The second-order valence-electron chi connectivity index (χ2n) is 4.29. The molecule has 0 aliphatic heterocycles. The van der Waals surface area contributed by atoms with Gasteiger partial charge < -0.3 is 5.32 Å². The van der Waals surface area contributed by atoms with Gasteiger partial charge in [-0.25, -0.2) is 4.39 Å². The van der Waals surface area contributed by atoms with Gasteiger partial charge in [0.05, 0.1) is 5.56 Å². The second-order valence-corrected chi connectivity index (χ2v) is 5.58. The Labute approximate surface area is 132 Å². The molecule has 0 aliphatic carbocycles. The largest absolute Gasteiger partial charge is 0.419 e. The van der Waals surface area contributed by atoms with E-state index in [1.807, 2.05) is 0 Å². The van der Waals surface area contributed by atoms with Gasteiger partial charge in [0.25, 0.3) is 0 Å². The minimum absolute atomic E-state index is 0.129. The van der Waals surface area contributed by atoms with Crippen molar-refractivity contribution >= 4 is 33.2 Å². The van der Waals surface area contributed by atoms with E-state index >= 15 is 0 Å². The molecule has 0 aliphatic rings. The van der Waals surface area contributed by atoms with Crippen molar-refractivity contribution in [2.75, 3.05) is 5.32 Å². The second kappa shape index (κ2) is 6.23. The van der Waals surface area contributed by atoms with Crippen LogP contribution in [-0.2, 0) is 12.7 Å². The van der Waals surface area contributed by atoms with Crippen molar-refractivity contribution in [2.24, 2.45) is 0 Å². The molecule has 0 saturated heterocycles. The highest BCUT2D eigenvalue weighted by molar-refractivity contribution is 9.10. The Morgan fingerprint density at radius 3 is 2.43 bits per heavy atom. The zero-order valence-corrected chi connectivity index (χ0v) is 12.8. The molecule has 0 amide bonds. The van der Waals surface area contributed by atoms with Crippen LogP contribution in [0.15, 0.2) is 40.9 Å². The van der Waals surface area contributed by atoms with Gasteiger partial charge in [-0.15, -0.1) is 0 Å². The SMILES string of the molecule is Fc1ccc(CNc2ccc(Cl)cc2Br)cc1C(F)(F)F. The Morgan fingerprint density at radius 1 is 1.10 bits per heavy atom. The molecule has 2 rings (SSSR count). The molecular formula is C14H9BrClF4N. The summed E-state index contributed by atoms with van der Waals surface area (Å²) in [6, 6.07) is 7.93. The van der Waals surface area contributed by atoms with Gasteiger partial charge in [0.1, 0.15) is 5.82 Å². The van der Waals surface area contributed by atoms with E-state index in [9.17, 15) is 17.6 Å². The fraction of sp³-hybridized carbons (Fsp3) is 0.143. The summed E-state index contributed by atoms with van der Waals surface area (Å²) in [6.07, 6.45) is -4.71. The lowest BCUT2D eigenvalue weighted by molar-refractivity contribution is -0.140. The lowest BCUT2D eigenvalue weighted by Gasteiger charge is -2.12. The number of halogens is 6. The topological polar surface area (TPSA) is 12.0 Å². The molecule has 0 bridgehead atoms. The number of hydrogen-bond donors (Lipinski definition) is 1. The normalized spacial score (nSPS) is 11.5. The van der Waals surface area contributed by atoms with E-state index in [-0.39, 0.29) is 6.54 Å². The highest BCUT2D eigenvalue weighted by Crippen LogP contribution is 2.32. The summed E-state index contributed by atoms with van der Waals surface area (Å²) in [4.78, 5) is 0. The first-order valence-corrected chi connectivity index (χ1v) is 6.99. The average molecular weight is 383 g/mol. The van der Waals surface area contributed by atoms with E-state index < -0.39 is 17.6 Å². The molecule has 2 aromatic rings. The first-order valence-electron chi connectivity index (χ1n) is 5.82. The van der Waals surface area contributed by atoms with Gasteiger partial charge in [0.2, 0.25) is 0 Å². The molecule has 0 aromatic heterocycles. The van der Waals surface area contributed by atoms with E-state index in [1.54, 1.807) is 18.2 Å². The van der Waals surface area contributed by atoms with Gasteiger partial charge in [-0.3, -0.25) is 0 Å². The Morgan fingerprint density at radius 2 is 1.81 bits per heavy atom. The molecule has 1 N–H and O–H groups in total. The van der Waals surface area contributed by atoms with Gasteiger partial charge in [-0.05, 0) is 51.8 Å². The molecule has 7 heteroatoms. The molecule has 2 aromatic carbocycles. The number of hydrogen-bond acceptors (Lipinski definition) is 1. The van der Waals surface area contributed by atoms with E-state index in [0.29, 0.717) is 20.7 Å². The molecule has 0 radical (unpaired) electrons. The van der Waals surface area contributed by atoms with Crippen molar-refractivity contribution in [3.63, 3.8) is 0 Å². The molecule has 0 unspecified atom stereocenters. The molecule has 0 heterocycles. The third-order valence-corrected chi connectivity index (χ3v) is 3.64. The van der Waals surface area contributed by atoms with Crippen LogP contribution in [0.4, 0.5) is 23.2 Å². The maximum atomic E-state index is 13.2. The van der Waals surface area contributed by atoms with Gasteiger partial charge in [0, 0.05) is 21.7 Å². The fourth-order valence-electron chi connectivity index (χ4n) is 1.73. The average Bonchev–Trinajstić information content (AvgIpc) is 2.38. The summed E-state index contributed by atoms with van der Waals surface area (Å²) in [5.74, 6) is -1.28. The Kier molecular flexibility index (Phi) is 4.78. The van der Waals surface area contributed by atoms with E-state index in [1.165, 1.54) is 6.07 Å². The van der Waals surface area contributed by atoms with Crippen molar-refractivity contribution in [1.29, 1.82) is 0 Å². The maximum Gasteiger partial charge on any atom is 0.419 e. The number of nitrogens with one attached hydrogen (secondary N) is 1. The van der Waals surface area contributed by atoms with Crippen LogP contribution >= 0.6 is 27.5 Å². The summed E-state index contributed by atoms with van der Waals surface area (Å²) in [5, 5.41) is 3.49. The van der Waals surface area contributed by atoms with Crippen LogP contribution in [-0.4, -0.2) is 0 Å².